The third-order valence-corrected chi connectivity index (χ3v) is 2.97. The quantitative estimate of drug-likeness (QED) is 0.919. The molecule has 0 spiro atoms. The minimum absolute atomic E-state index is 0.263. The summed E-state index contributed by atoms with van der Waals surface area (Å²) in [5, 5.41) is 3.91. The fraction of sp³-hybridized carbons (Fsp3) is 0.273. The van der Waals surface area contributed by atoms with E-state index in [1.54, 1.807) is 0 Å². The van der Waals surface area contributed by atoms with Gasteiger partial charge in [-0.05, 0) is 37.1 Å². The molecule has 0 aliphatic rings. The molecule has 0 amide bonds. The van der Waals surface area contributed by atoms with Crippen molar-refractivity contribution in [2.24, 2.45) is 5.73 Å². The lowest BCUT2D eigenvalue weighted by Gasteiger charge is -2.05. The molecule has 0 unspecified atom stereocenters. The molecular weight excluding hydrogens is 270 g/mol. The van der Waals surface area contributed by atoms with Crippen molar-refractivity contribution in [3.63, 3.8) is 0 Å². The van der Waals surface area contributed by atoms with Crippen LogP contribution < -0.4 is 5.73 Å². The number of nitrogens with two attached hydrogens (primary N) is 1. The normalized spacial score (nSPS) is 10.8. The van der Waals surface area contributed by atoms with E-state index in [1.165, 1.54) is 5.56 Å². The molecule has 4 nitrogen and oxygen atoms in total. The van der Waals surface area contributed by atoms with Gasteiger partial charge in [0.05, 0.1) is 6.54 Å². The predicted octanol–water partition coefficient (Wildman–Crippen LogP) is 2.57. The van der Waals surface area contributed by atoms with Gasteiger partial charge in [0.2, 0.25) is 11.7 Å². The van der Waals surface area contributed by atoms with Crippen LogP contribution in [-0.2, 0) is 6.54 Å². The minimum atomic E-state index is 0.263. The van der Waals surface area contributed by atoms with E-state index in [2.05, 4.69) is 32.1 Å². The SMILES string of the molecule is Cc1cc(Br)cc(-c2noc(CN)n2)c1C. The topological polar surface area (TPSA) is 64.9 Å². The van der Waals surface area contributed by atoms with Gasteiger partial charge in [0.25, 0.3) is 0 Å². The number of benzene rings is 1. The number of hydrogen-bond donors (Lipinski definition) is 1. The summed E-state index contributed by atoms with van der Waals surface area (Å²) in [6.45, 7) is 4.35. The summed E-state index contributed by atoms with van der Waals surface area (Å²) in [4.78, 5) is 4.22. The molecule has 0 bridgehead atoms. The van der Waals surface area contributed by atoms with E-state index in [0.29, 0.717) is 11.7 Å². The summed E-state index contributed by atoms with van der Waals surface area (Å²) in [5.41, 5.74) is 8.73. The molecule has 0 saturated heterocycles. The Bertz CT molecular complexity index is 522. The Morgan fingerprint density at radius 1 is 1.38 bits per heavy atom. The van der Waals surface area contributed by atoms with Crippen molar-refractivity contribution in [2.75, 3.05) is 0 Å². The first-order chi connectivity index (χ1) is 7.61. The van der Waals surface area contributed by atoms with E-state index in [4.69, 9.17) is 10.3 Å². The lowest BCUT2D eigenvalue weighted by molar-refractivity contribution is 0.380. The number of rotatable bonds is 2. The standard InChI is InChI=1S/C11H12BrN3O/c1-6-3-8(12)4-9(7(6)2)11-14-10(5-13)16-15-11/h3-4H,5,13H2,1-2H3. The maximum absolute atomic E-state index is 5.43. The molecule has 0 aliphatic heterocycles. The smallest absolute Gasteiger partial charge is 0.240 e. The zero-order chi connectivity index (χ0) is 11.7. The van der Waals surface area contributed by atoms with Gasteiger partial charge in [0, 0.05) is 10.0 Å². The predicted molar refractivity (Wildman–Crippen MR) is 64.8 cm³/mol. The monoisotopic (exact) mass is 281 g/mol. The lowest BCUT2D eigenvalue weighted by Crippen LogP contribution is -1.96. The van der Waals surface area contributed by atoms with Gasteiger partial charge >= 0.3 is 0 Å². The highest BCUT2D eigenvalue weighted by Gasteiger charge is 2.12. The maximum Gasteiger partial charge on any atom is 0.240 e. The Morgan fingerprint density at radius 3 is 2.75 bits per heavy atom. The van der Waals surface area contributed by atoms with Crippen LogP contribution in [0.25, 0.3) is 11.4 Å². The third-order valence-electron chi connectivity index (χ3n) is 2.52. The average molecular weight is 282 g/mol. The Hall–Kier alpha value is -1.20. The van der Waals surface area contributed by atoms with Crippen LogP contribution in [0.3, 0.4) is 0 Å². The molecule has 0 fully saturated rings. The molecule has 1 aromatic heterocycles. The number of aromatic nitrogens is 2. The molecule has 16 heavy (non-hydrogen) atoms. The highest BCUT2D eigenvalue weighted by atomic mass is 79.9. The number of aryl methyl sites for hydroxylation is 1. The first kappa shape index (κ1) is 11.3. The van der Waals surface area contributed by atoms with Crippen molar-refractivity contribution in [1.82, 2.24) is 10.1 Å². The molecule has 0 atom stereocenters. The average Bonchev–Trinajstić information content (AvgIpc) is 2.71. The van der Waals surface area contributed by atoms with Crippen molar-refractivity contribution in [2.45, 2.75) is 20.4 Å². The summed E-state index contributed by atoms with van der Waals surface area (Å²) >= 11 is 3.46. The largest absolute Gasteiger partial charge is 0.338 e. The van der Waals surface area contributed by atoms with Gasteiger partial charge in [-0.3, -0.25) is 0 Å². The number of halogens is 1. The second kappa shape index (κ2) is 4.35. The van der Waals surface area contributed by atoms with Gasteiger partial charge in [-0.15, -0.1) is 0 Å². The van der Waals surface area contributed by atoms with Crippen LogP contribution in [0.1, 0.15) is 17.0 Å². The van der Waals surface area contributed by atoms with Gasteiger partial charge in [-0.1, -0.05) is 21.1 Å². The van der Waals surface area contributed by atoms with Gasteiger partial charge in [0.15, 0.2) is 0 Å². The molecule has 1 aromatic carbocycles. The Balaban J connectivity index is 2.54. The van der Waals surface area contributed by atoms with Gasteiger partial charge < -0.3 is 10.3 Å². The second-order valence-electron chi connectivity index (χ2n) is 3.61. The Labute approximate surface area is 102 Å². The molecule has 0 saturated carbocycles. The van der Waals surface area contributed by atoms with Gasteiger partial charge in [-0.25, -0.2) is 0 Å². The van der Waals surface area contributed by atoms with Crippen LogP contribution in [0.2, 0.25) is 0 Å². The van der Waals surface area contributed by atoms with E-state index < -0.39 is 0 Å². The van der Waals surface area contributed by atoms with E-state index in [0.717, 1.165) is 15.6 Å². The summed E-state index contributed by atoms with van der Waals surface area (Å²) in [5.74, 6) is 1.04. The molecule has 0 radical (unpaired) electrons. The molecule has 5 heteroatoms. The van der Waals surface area contributed by atoms with Crippen molar-refractivity contribution in [3.05, 3.63) is 33.6 Å². The summed E-state index contributed by atoms with van der Waals surface area (Å²) in [7, 11) is 0. The fourth-order valence-corrected chi connectivity index (χ4v) is 2.07. The van der Waals surface area contributed by atoms with Crippen LogP contribution >= 0.6 is 15.9 Å². The summed E-state index contributed by atoms with van der Waals surface area (Å²) in [6.07, 6.45) is 0. The van der Waals surface area contributed by atoms with E-state index >= 15 is 0 Å². The highest BCUT2D eigenvalue weighted by Crippen LogP contribution is 2.27. The van der Waals surface area contributed by atoms with Crippen LogP contribution in [0.5, 0.6) is 0 Å². The highest BCUT2D eigenvalue weighted by molar-refractivity contribution is 9.10. The fourth-order valence-electron chi connectivity index (χ4n) is 1.49. The van der Waals surface area contributed by atoms with Crippen LogP contribution in [0.15, 0.2) is 21.1 Å². The molecule has 1 heterocycles. The Kier molecular flexibility index (Phi) is 3.07. The summed E-state index contributed by atoms with van der Waals surface area (Å²) in [6, 6.07) is 4.04. The summed E-state index contributed by atoms with van der Waals surface area (Å²) < 4.78 is 6.01. The van der Waals surface area contributed by atoms with E-state index in [-0.39, 0.29) is 6.54 Å². The molecule has 2 aromatic rings. The molecule has 84 valence electrons. The van der Waals surface area contributed by atoms with E-state index in [1.807, 2.05) is 19.9 Å². The molecule has 2 N–H and O–H groups in total. The van der Waals surface area contributed by atoms with Crippen LogP contribution in [-0.4, -0.2) is 10.1 Å². The molecule has 2 rings (SSSR count). The second-order valence-corrected chi connectivity index (χ2v) is 4.53. The maximum atomic E-state index is 5.43. The first-order valence-corrected chi connectivity index (χ1v) is 5.71. The molecular formula is C11H12BrN3O. The van der Waals surface area contributed by atoms with Crippen molar-refractivity contribution in [1.29, 1.82) is 0 Å². The third kappa shape index (κ3) is 2.01. The van der Waals surface area contributed by atoms with Gasteiger partial charge in [0.1, 0.15) is 0 Å². The van der Waals surface area contributed by atoms with Crippen LogP contribution in [0.4, 0.5) is 0 Å². The van der Waals surface area contributed by atoms with Crippen LogP contribution in [0, 0.1) is 13.8 Å². The first-order valence-electron chi connectivity index (χ1n) is 4.91. The zero-order valence-corrected chi connectivity index (χ0v) is 10.7. The number of nitrogens with zero attached hydrogens (tertiary/aromatic N) is 2. The van der Waals surface area contributed by atoms with Crippen molar-refractivity contribution < 1.29 is 4.52 Å². The Morgan fingerprint density at radius 2 is 2.12 bits per heavy atom. The minimum Gasteiger partial charge on any atom is -0.338 e. The zero-order valence-electron chi connectivity index (χ0n) is 9.12. The van der Waals surface area contributed by atoms with E-state index in [9.17, 15) is 0 Å². The lowest BCUT2D eigenvalue weighted by atomic mass is 10.0. The van der Waals surface area contributed by atoms with Gasteiger partial charge in [-0.2, -0.15) is 4.98 Å². The number of hydrogen-bond acceptors (Lipinski definition) is 4. The molecule has 0 aliphatic carbocycles. The van der Waals surface area contributed by atoms with Crippen molar-refractivity contribution in [3.8, 4) is 11.4 Å². The van der Waals surface area contributed by atoms with Crippen molar-refractivity contribution >= 4 is 15.9 Å².